The van der Waals surface area contributed by atoms with Crippen molar-refractivity contribution in [1.82, 2.24) is 10.2 Å². The molecule has 0 bridgehead atoms. The Balaban J connectivity index is 0.00000432. The van der Waals surface area contributed by atoms with Crippen LogP contribution < -0.4 is 5.32 Å². The van der Waals surface area contributed by atoms with Crippen LogP contribution in [0.4, 0.5) is 0 Å². The van der Waals surface area contributed by atoms with Crippen molar-refractivity contribution in [1.29, 1.82) is 0 Å². The Morgan fingerprint density at radius 3 is 2.26 bits per heavy atom. The minimum atomic E-state index is -1.07. The van der Waals surface area contributed by atoms with Gasteiger partial charge < -0.3 is 14.7 Å². The molecule has 2 aromatic rings. The van der Waals surface area contributed by atoms with Crippen LogP contribution in [0.25, 0.3) is 0 Å². The van der Waals surface area contributed by atoms with E-state index in [1.54, 1.807) is 26.0 Å². The SMILES string of the molecule is CCOC(=O)C(CCc1ccc(Cl)cc1)N[C@@H](C)C(=O)N(CC(=O)O)C1Cc2ccccc2C1.Cl. The fraction of sp³-hybridized carbons (Fsp3) is 0.423. The van der Waals surface area contributed by atoms with Gasteiger partial charge in [0.25, 0.3) is 0 Å². The number of carbonyl (C=O) groups excluding carboxylic acids is 2. The number of benzene rings is 2. The summed E-state index contributed by atoms with van der Waals surface area (Å²) in [5.74, 6) is -1.85. The normalized spacial score (nSPS) is 14.4. The Kier molecular flexibility index (Phi) is 11.0. The average molecular weight is 523 g/mol. The van der Waals surface area contributed by atoms with E-state index < -0.39 is 30.6 Å². The fourth-order valence-electron chi connectivity index (χ4n) is 4.38. The van der Waals surface area contributed by atoms with Gasteiger partial charge in [0.1, 0.15) is 12.6 Å². The van der Waals surface area contributed by atoms with Gasteiger partial charge in [-0.3, -0.25) is 19.7 Å². The van der Waals surface area contributed by atoms with E-state index in [0.29, 0.717) is 30.7 Å². The molecular weight excluding hydrogens is 491 g/mol. The monoisotopic (exact) mass is 522 g/mol. The van der Waals surface area contributed by atoms with Crippen LogP contribution >= 0.6 is 24.0 Å². The van der Waals surface area contributed by atoms with Crippen LogP contribution in [0.15, 0.2) is 48.5 Å². The predicted octanol–water partition coefficient (Wildman–Crippen LogP) is 3.68. The van der Waals surface area contributed by atoms with E-state index in [1.807, 2.05) is 36.4 Å². The van der Waals surface area contributed by atoms with E-state index in [-0.39, 0.29) is 31.0 Å². The van der Waals surface area contributed by atoms with Crippen LogP contribution in [0, 0.1) is 0 Å². The van der Waals surface area contributed by atoms with Gasteiger partial charge in [0.05, 0.1) is 12.6 Å². The number of carboxylic acid groups (broad SMARTS) is 1. The van der Waals surface area contributed by atoms with Gasteiger partial charge in [-0.25, -0.2) is 0 Å². The maximum Gasteiger partial charge on any atom is 0.323 e. The molecule has 1 amide bonds. The quantitative estimate of drug-likeness (QED) is 0.437. The van der Waals surface area contributed by atoms with Gasteiger partial charge >= 0.3 is 11.9 Å². The summed E-state index contributed by atoms with van der Waals surface area (Å²) in [6.07, 6.45) is 2.23. The first-order chi connectivity index (χ1) is 16.3. The molecule has 35 heavy (non-hydrogen) atoms. The molecule has 0 saturated heterocycles. The third-order valence-electron chi connectivity index (χ3n) is 6.09. The van der Waals surface area contributed by atoms with E-state index in [9.17, 15) is 19.5 Å². The second-order valence-electron chi connectivity index (χ2n) is 8.55. The van der Waals surface area contributed by atoms with Gasteiger partial charge in [-0.15, -0.1) is 12.4 Å². The predicted molar refractivity (Wildman–Crippen MR) is 137 cm³/mol. The number of carbonyl (C=O) groups is 3. The molecular formula is C26H32Cl2N2O5. The topological polar surface area (TPSA) is 95.9 Å². The van der Waals surface area contributed by atoms with Crippen molar-refractivity contribution in [2.75, 3.05) is 13.2 Å². The minimum Gasteiger partial charge on any atom is -0.480 e. The highest BCUT2D eigenvalue weighted by Crippen LogP contribution is 2.26. The lowest BCUT2D eigenvalue weighted by Gasteiger charge is -2.31. The third-order valence-corrected chi connectivity index (χ3v) is 6.34. The Morgan fingerprint density at radius 2 is 1.71 bits per heavy atom. The zero-order valence-corrected chi connectivity index (χ0v) is 21.5. The van der Waals surface area contributed by atoms with Gasteiger partial charge in [-0.1, -0.05) is 48.0 Å². The van der Waals surface area contributed by atoms with Crippen molar-refractivity contribution in [3.63, 3.8) is 0 Å². The number of ether oxygens (including phenoxy) is 1. The number of fused-ring (bicyclic) bond motifs is 1. The highest BCUT2D eigenvalue weighted by Gasteiger charge is 2.34. The first-order valence-electron chi connectivity index (χ1n) is 11.5. The van der Waals surface area contributed by atoms with Crippen LogP contribution in [0.1, 0.15) is 37.0 Å². The lowest BCUT2D eigenvalue weighted by molar-refractivity contribution is -0.149. The van der Waals surface area contributed by atoms with Crippen molar-refractivity contribution in [2.45, 2.75) is 57.7 Å². The smallest absolute Gasteiger partial charge is 0.323 e. The summed E-state index contributed by atoms with van der Waals surface area (Å²) in [5, 5.41) is 13.2. The molecule has 0 spiro atoms. The largest absolute Gasteiger partial charge is 0.480 e. The van der Waals surface area contributed by atoms with Crippen LogP contribution in [-0.2, 0) is 38.4 Å². The molecule has 7 nitrogen and oxygen atoms in total. The number of carboxylic acids is 1. The van der Waals surface area contributed by atoms with E-state index in [4.69, 9.17) is 16.3 Å². The molecule has 0 radical (unpaired) electrons. The van der Waals surface area contributed by atoms with Crippen LogP contribution in [-0.4, -0.2) is 59.1 Å². The second kappa shape index (κ2) is 13.5. The summed E-state index contributed by atoms with van der Waals surface area (Å²) in [7, 11) is 0. The molecule has 9 heteroatoms. The number of esters is 1. The molecule has 0 aliphatic heterocycles. The highest BCUT2D eigenvalue weighted by molar-refractivity contribution is 6.30. The first-order valence-corrected chi connectivity index (χ1v) is 11.9. The lowest BCUT2D eigenvalue weighted by Crippen LogP contribution is -2.54. The number of halogens is 2. The van der Waals surface area contributed by atoms with Crippen molar-refractivity contribution >= 4 is 41.9 Å². The average Bonchev–Trinajstić information content (AvgIpc) is 3.24. The van der Waals surface area contributed by atoms with Crippen molar-refractivity contribution in [3.8, 4) is 0 Å². The van der Waals surface area contributed by atoms with Crippen LogP contribution in [0.2, 0.25) is 5.02 Å². The number of aryl methyl sites for hydroxylation is 1. The van der Waals surface area contributed by atoms with Crippen molar-refractivity contribution in [2.24, 2.45) is 0 Å². The molecule has 0 fully saturated rings. The van der Waals surface area contributed by atoms with E-state index in [0.717, 1.165) is 16.7 Å². The first kappa shape index (κ1) is 28.6. The van der Waals surface area contributed by atoms with Gasteiger partial charge in [0.15, 0.2) is 0 Å². The summed E-state index contributed by atoms with van der Waals surface area (Å²) in [6.45, 7) is 3.23. The lowest BCUT2D eigenvalue weighted by atomic mass is 10.0. The summed E-state index contributed by atoms with van der Waals surface area (Å²) in [5.41, 5.74) is 3.27. The Bertz CT molecular complexity index is 990. The van der Waals surface area contributed by atoms with Crippen LogP contribution in [0.3, 0.4) is 0 Å². The summed E-state index contributed by atoms with van der Waals surface area (Å²) in [6, 6.07) is 13.6. The van der Waals surface area contributed by atoms with Gasteiger partial charge in [0.2, 0.25) is 5.91 Å². The molecule has 1 unspecified atom stereocenters. The molecule has 0 heterocycles. The third kappa shape index (κ3) is 7.95. The van der Waals surface area contributed by atoms with E-state index in [2.05, 4.69) is 5.32 Å². The minimum absolute atomic E-state index is 0. The number of nitrogens with zero attached hydrogens (tertiary/aromatic N) is 1. The number of rotatable bonds is 11. The van der Waals surface area contributed by atoms with Gasteiger partial charge in [-0.05, 0) is 68.4 Å². The van der Waals surface area contributed by atoms with Crippen LogP contribution in [0.5, 0.6) is 0 Å². The highest BCUT2D eigenvalue weighted by atomic mass is 35.5. The number of hydrogen-bond acceptors (Lipinski definition) is 5. The molecule has 1 aliphatic carbocycles. The zero-order valence-electron chi connectivity index (χ0n) is 19.9. The Morgan fingerprint density at radius 1 is 1.11 bits per heavy atom. The molecule has 0 aromatic heterocycles. The molecule has 0 saturated carbocycles. The molecule has 1 aliphatic rings. The van der Waals surface area contributed by atoms with Crippen molar-refractivity contribution < 1.29 is 24.2 Å². The maximum absolute atomic E-state index is 13.4. The molecule has 2 aromatic carbocycles. The Labute approximate surface area is 217 Å². The molecule has 3 rings (SSSR count). The van der Waals surface area contributed by atoms with Gasteiger partial charge in [0, 0.05) is 11.1 Å². The zero-order chi connectivity index (χ0) is 24.7. The number of nitrogens with one attached hydrogen (secondary N) is 1. The standard InChI is InChI=1S/C26H31ClN2O5.ClH/c1-3-34-26(33)23(13-10-18-8-11-21(27)12-9-18)28-17(2)25(32)29(16-24(30)31)22-14-19-6-4-5-7-20(19)15-22;/h4-9,11-12,17,22-23,28H,3,10,13-16H2,1-2H3,(H,30,31);1H/t17-,23?;/m0./s1. The summed E-state index contributed by atoms with van der Waals surface area (Å²) in [4.78, 5) is 39.0. The van der Waals surface area contributed by atoms with E-state index in [1.165, 1.54) is 4.90 Å². The molecule has 2 atom stereocenters. The molecule has 190 valence electrons. The van der Waals surface area contributed by atoms with Crippen molar-refractivity contribution in [3.05, 3.63) is 70.2 Å². The second-order valence-corrected chi connectivity index (χ2v) is 8.99. The van der Waals surface area contributed by atoms with Gasteiger partial charge in [-0.2, -0.15) is 0 Å². The summed E-state index contributed by atoms with van der Waals surface area (Å²) < 4.78 is 5.22. The maximum atomic E-state index is 13.4. The Hall–Kier alpha value is -2.61. The molecule has 2 N–H and O–H groups in total. The number of amides is 1. The number of hydrogen-bond donors (Lipinski definition) is 2. The number of aliphatic carboxylic acids is 1. The summed E-state index contributed by atoms with van der Waals surface area (Å²) >= 11 is 5.95. The van der Waals surface area contributed by atoms with E-state index >= 15 is 0 Å². The fourth-order valence-corrected chi connectivity index (χ4v) is 4.51.